The topological polar surface area (TPSA) is 64.4 Å². The Kier molecular flexibility index (Phi) is 9.58. The van der Waals surface area contributed by atoms with Crippen LogP contribution in [0.1, 0.15) is 24.0 Å². The number of nitrogens with one attached hydrogen (secondary N) is 1. The van der Waals surface area contributed by atoms with Crippen molar-refractivity contribution < 1.29 is 9.53 Å². The second-order valence-corrected chi connectivity index (χ2v) is 5.51. The van der Waals surface area contributed by atoms with E-state index in [1.54, 1.807) is 0 Å². The van der Waals surface area contributed by atoms with Crippen molar-refractivity contribution in [2.45, 2.75) is 25.9 Å². The predicted octanol–water partition coefficient (Wildman–Crippen LogP) is 3.35. The Morgan fingerprint density at radius 3 is 2.38 bits per heavy atom. The van der Waals surface area contributed by atoms with Crippen molar-refractivity contribution in [2.75, 3.05) is 18.9 Å². The van der Waals surface area contributed by atoms with Gasteiger partial charge in [-0.15, -0.1) is 12.4 Å². The standard InChI is InChI=1S/C19H24N2O2.ClH/c20-18-10-8-16(9-11-18)14-19(22)21-12-4-5-13-23-15-17-6-2-1-3-7-17;/h1-3,6-11H,4-5,12-15,20H2,(H,21,22);1H. The minimum absolute atomic E-state index is 0. The molecule has 0 aliphatic heterocycles. The molecule has 0 aliphatic rings. The Hall–Kier alpha value is -2.04. The van der Waals surface area contributed by atoms with Crippen LogP contribution >= 0.6 is 12.4 Å². The number of amides is 1. The molecule has 0 atom stereocenters. The molecule has 0 spiro atoms. The molecule has 0 unspecified atom stereocenters. The third-order valence-corrected chi connectivity index (χ3v) is 3.49. The maximum Gasteiger partial charge on any atom is 0.224 e. The van der Waals surface area contributed by atoms with Crippen molar-refractivity contribution in [2.24, 2.45) is 0 Å². The second-order valence-electron chi connectivity index (χ2n) is 5.51. The number of hydrogen-bond acceptors (Lipinski definition) is 3. The Bertz CT molecular complexity index is 588. The van der Waals surface area contributed by atoms with Crippen molar-refractivity contribution >= 4 is 24.0 Å². The second kappa shape index (κ2) is 11.5. The summed E-state index contributed by atoms with van der Waals surface area (Å²) < 4.78 is 5.61. The van der Waals surface area contributed by atoms with E-state index in [0.717, 1.165) is 18.4 Å². The molecule has 0 aromatic heterocycles. The van der Waals surface area contributed by atoms with Gasteiger partial charge in [-0.3, -0.25) is 4.79 Å². The zero-order valence-corrected chi connectivity index (χ0v) is 14.6. The average Bonchev–Trinajstić information content (AvgIpc) is 2.57. The summed E-state index contributed by atoms with van der Waals surface area (Å²) in [5.41, 5.74) is 8.49. The van der Waals surface area contributed by atoms with Crippen molar-refractivity contribution in [1.82, 2.24) is 5.32 Å². The zero-order chi connectivity index (χ0) is 16.3. The molecule has 24 heavy (non-hydrogen) atoms. The van der Waals surface area contributed by atoms with Crippen molar-refractivity contribution in [3.05, 3.63) is 65.7 Å². The first-order valence-corrected chi connectivity index (χ1v) is 7.97. The van der Waals surface area contributed by atoms with Crippen molar-refractivity contribution in [3.63, 3.8) is 0 Å². The summed E-state index contributed by atoms with van der Waals surface area (Å²) >= 11 is 0. The first kappa shape index (κ1) is 20.0. The third-order valence-electron chi connectivity index (χ3n) is 3.49. The molecule has 3 N–H and O–H groups in total. The Balaban J connectivity index is 0.00000288. The Morgan fingerprint density at radius 1 is 0.958 bits per heavy atom. The number of hydrogen-bond donors (Lipinski definition) is 2. The molecule has 5 heteroatoms. The number of carbonyl (C=O) groups is 1. The van der Waals surface area contributed by atoms with Gasteiger partial charge in [0.15, 0.2) is 0 Å². The van der Waals surface area contributed by atoms with E-state index in [4.69, 9.17) is 10.5 Å². The molecule has 2 aromatic carbocycles. The number of nitrogens with two attached hydrogens (primary N) is 1. The molecular formula is C19H25ClN2O2. The van der Waals surface area contributed by atoms with Crippen LogP contribution in [-0.2, 0) is 22.6 Å². The fraction of sp³-hybridized carbons (Fsp3) is 0.316. The summed E-state index contributed by atoms with van der Waals surface area (Å²) in [6.07, 6.45) is 2.25. The molecule has 0 heterocycles. The first-order chi connectivity index (χ1) is 11.2. The highest BCUT2D eigenvalue weighted by Gasteiger charge is 2.02. The highest BCUT2D eigenvalue weighted by molar-refractivity contribution is 5.85. The van der Waals surface area contributed by atoms with Crippen LogP contribution in [0.15, 0.2) is 54.6 Å². The molecule has 0 saturated carbocycles. The minimum atomic E-state index is 0. The Labute approximate surface area is 149 Å². The molecule has 0 bridgehead atoms. The van der Waals surface area contributed by atoms with Gasteiger partial charge in [0.1, 0.15) is 0 Å². The van der Waals surface area contributed by atoms with Gasteiger partial charge in [0.05, 0.1) is 13.0 Å². The molecule has 0 aliphatic carbocycles. The molecule has 0 saturated heterocycles. The lowest BCUT2D eigenvalue weighted by Gasteiger charge is -2.07. The molecule has 4 nitrogen and oxygen atoms in total. The first-order valence-electron chi connectivity index (χ1n) is 7.97. The van der Waals surface area contributed by atoms with E-state index in [9.17, 15) is 4.79 Å². The number of unbranched alkanes of at least 4 members (excludes halogenated alkanes) is 1. The van der Waals surface area contributed by atoms with Gasteiger partial charge in [0.2, 0.25) is 5.91 Å². The maximum atomic E-state index is 11.8. The summed E-state index contributed by atoms with van der Waals surface area (Å²) in [5.74, 6) is 0.0416. The molecular weight excluding hydrogens is 324 g/mol. The van der Waals surface area contributed by atoms with E-state index in [1.807, 2.05) is 42.5 Å². The van der Waals surface area contributed by atoms with Gasteiger partial charge in [0, 0.05) is 18.8 Å². The van der Waals surface area contributed by atoms with E-state index < -0.39 is 0 Å². The maximum absolute atomic E-state index is 11.8. The van der Waals surface area contributed by atoms with Crippen LogP contribution in [0.5, 0.6) is 0 Å². The van der Waals surface area contributed by atoms with Crippen LogP contribution in [0.3, 0.4) is 0 Å². The fourth-order valence-corrected chi connectivity index (χ4v) is 2.20. The summed E-state index contributed by atoms with van der Waals surface area (Å²) in [7, 11) is 0. The van der Waals surface area contributed by atoms with Gasteiger partial charge >= 0.3 is 0 Å². The quantitative estimate of drug-likeness (QED) is 0.539. The number of rotatable bonds is 9. The van der Waals surface area contributed by atoms with Crippen LogP contribution in [-0.4, -0.2) is 19.1 Å². The molecule has 0 fully saturated rings. The van der Waals surface area contributed by atoms with Crippen molar-refractivity contribution in [3.8, 4) is 0 Å². The van der Waals surface area contributed by atoms with Gasteiger partial charge in [0.25, 0.3) is 0 Å². The lowest BCUT2D eigenvalue weighted by molar-refractivity contribution is -0.120. The predicted molar refractivity (Wildman–Crippen MR) is 100 cm³/mol. The lowest BCUT2D eigenvalue weighted by Crippen LogP contribution is -2.26. The number of halogens is 1. The van der Waals surface area contributed by atoms with Crippen LogP contribution in [0.25, 0.3) is 0 Å². The normalized spacial score (nSPS) is 10.0. The van der Waals surface area contributed by atoms with E-state index >= 15 is 0 Å². The summed E-state index contributed by atoms with van der Waals surface area (Å²) in [4.78, 5) is 11.8. The largest absolute Gasteiger partial charge is 0.399 e. The lowest BCUT2D eigenvalue weighted by atomic mass is 10.1. The van der Waals surface area contributed by atoms with E-state index in [2.05, 4.69) is 17.4 Å². The SMILES string of the molecule is Cl.Nc1ccc(CC(=O)NCCCCOCc2ccccc2)cc1. The molecule has 2 rings (SSSR count). The number of anilines is 1. The fourth-order valence-electron chi connectivity index (χ4n) is 2.20. The van der Waals surface area contributed by atoms with Crippen molar-refractivity contribution in [1.29, 1.82) is 0 Å². The number of nitrogen functional groups attached to an aromatic ring is 1. The highest BCUT2D eigenvalue weighted by atomic mass is 35.5. The monoisotopic (exact) mass is 348 g/mol. The molecule has 1 amide bonds. The Morgan fingerprint density at radius 2 is 1.67 bits per heavy atom. The summed E-state index contributed by atoms with van der Waals surface area (Å²) in [5, 5.41) is 2.93. The van der Waals surface area contributed by atoms with Crippen LogP contribution in [0.2, 0.25) is 0 Å². The molecule has 130 valence electrons. The van der Waals surface area contributed by atoms with E-state index in [1.165, 1.54) is 5.56 Å². The van der Waals surface area contributed by atoms with Gasteiger partial charge < -0.3 is 15.8 Å². The third kappa shape index (κ3) is 7.99. The smallest absolute Gasteiger partial charge is 0.224 e. The van der Waals surface area contributed by atoms with Crippen LogP contribution < -0.4 is 11.1 Å². The summed E-state index contributed by atoms with van der Waals surface area (Å²) in [6, 6.07) is 17.5. The minimum Gasteiger partial charge on any atom is -0.399 e. The summed E-state index contributed by atoms with van der Waals surface area (Å²) in [6.45, 7) is 2.04. The number of ether oxygens (including phenoxy) is 1. The number of benzene rings is 2. The highest BCUT2D eigenvalue weighted by Crippen LogP contribution is 2.06. The van der Waals surface area contributed by atoms with E-state index in [0.29, 0.717) is 31.9 Å². The van der Waals surface area contributed by atoms with Crippen LogP contribution in [0.4, 0.5) is 5.69 Å². The van der Waals surface area contributed by atoms with E-state index in [-0.39, 0.29) is 18.3 Å². The molecule has 2 aromatic rings. The van der Waals surface area contributed by atoms with Gasteiger partial charge in [-0.25, -0.2) is 0 Å². The molecule has 0 radical (unpaired) electrons. The van der Waals surface area contributed by atoms with Gasteiger partial charge in [-0.05, 0) is 36.1 Å². The average molecular weight is 349 g/mol. The van der Waals surface area contributed by atoms with Gasteiger partial charge in [-0.2, -0.15) is 0 Å². The zero-order valence-electron chi connectivity index (χ0n) is 13.7. The number of carbonyl (C=O) groups excluding carboxylic acids is 1. The van der Waals surface area contributed by atoms with Gasteiger partial charge in [-0.1, -0.05) is 42.5 Å². The van der Waals surface area contributed by atoms with Crippen LogP contribution in [0, 0.1) is 0 Å².